The van der Waals surface area contributed by atoms with Crippen molar-refractivity contribution in [1.82, 2.24) is 14.5 Å². The smallest absolute Gasteiger partial charge is 0.335 e. The highest BCUT2D eigenvalue weighted by Gasteiger charge is 2.31. The van der Waals surface area contributed by atoms with Gasteiger partial charge in [0, 0.05) is 18.3 Å². The van der Waals surface area contributed by atoms with Crippen molar-refractivity contribution in [3.05, 3.63) is 57.0 Å². The molecule has 0 saturated carbocycles. The highest BCUT2D eigenvalue weighted by Crippen LogP contribution is 2.32. The fraction of sp³-hybridized carbons (Fsp3) is 0.417. The fourth-order valence-electron chi connectivity index (χ4n) is 4.43. The van der Waals surface area contributed by atoms with Crippen LogP contribution in [-0.4, -0.2) is 38.9 Å². The van der Waals surface area contributed by atoms with Crippen LogP contribution in [0.1, 0.15) is 53.4 Å². The second-order valence-electron chi connectivity index (χ2n) is 8.60. The maximum Gasteiger partial charge on any atom is 0.416 e. The number of anilines is 1. The molecule has 0 spiro atoms. The molecule has 7 nitrogen and oxygen atoms in total. The van der Waals surface area contributed by atoms with Crippen molar-refractivity contribution in [3.8, 4) is 0 Å². The monoisotopic (exact) mass is 506 g/mol. The summed E-state index contributed by atoms with van der Waals surface area (Å²) in [6.07, 6.45) is 0.528. The molecular formula is C24H25F3N4O3S. The van der Waals surface area contributed by atoms with E-state index in [1.165, 1.54) is 18.5 Å². The summed E-state index contributed by atoms with van der Waals surface area (Å²) < 4.78 is 39.8. The van der Waals surface area contributed by atoms with Gasteiger partial charge < -0.3 is 10.2 Å². The molecule has 4 rings (SSSR count). The Kier molecular flexibility index (Phi) is 6.98. The lowest BCUT2D eigenvalue weighted by atomic mass is 9.99. The number of rotatable bonds is 5. The van der Waals surface area contributed by atoms with Crippen molar-refractivity contribution in [2.24, 2.45) is 0 Å². The number of carbonyl (C=O) groups is 2. The molecule has 11 heteroatoms. The van der Waals surface area contributed by atoms with Crippen molar-refractivity contribution in [3.63, 3.8) is 0 Å². The molecule has 35 heavy (non-hydrogen) atoms. The van der Waals surface area contributed by atoms with E-state index < -0.39 is 29.8 Å². The molecule has 0 bridgehead atoms. The summed E-state index contributed by atoms with van der Waals surface area (Å²) in [7, 11) is 0. The van der Waals surface area contributed by atoms with Gasteiger partial charge in [-0.3, -0.25) is 19.0 Å². The van der Waals surface area contributed by atoms with Gasteiger partial charge in [-0.15, -0.1) is 11.3 Å². The van der Waals surface area contributed by atoms with E-state index in [1.807, 2.05) is 4.90 Å². The quantitative estimate of drug-likeness (QED) is 0.537. The van der Waals surface area contributed by atoms with Crippen LogP contribution in [0.15, 0.2) is 35.4 Å². The van der Waals surface area contributed by atoms with E-state index in [1.54, 1.807) is 6.92 Å². The summed E-state index contributed by atoms with van der Waals surface area (Å²) in [6, 6.07) is 4.43. The van der Waals surface area contributed by atoms with Crippen molar-refractivity contribution >= 4 is 39.1 Å². The van der Waals surface area contributed by atoms with E-state index >= 15 is 0 Å². The van der Waals surface area contributed by atoms with Gasteiger partial charge in [-0.05, 0) is 56.4 Å². The van der Waals surface area contributed by atoms with Gasteiger partial charge in [0.25, 0.3) is 11.5 Å². The number of aryl methyl sites for hydroxylation is 1. The van der Waals surface area contributed by atoms with E-state index in [9.17, 15) is 27.6 Å². The number of nitrogens with one attached hydrogen (secondary N) is 1. The van der Waals surface area contributed by atoms with Crippen LogP contribution in [0.25, 0.3) is 10.2 Å². The van der Waals surface area contributed by atoms with Crippen LogP contribution in [0.5, 0.6) is 0 Å². The Morgan fingerprint density at radius 2 is 2.03 bits per heavy atom. The van der Waals surface area contributed by atoms with E-state index in [4.69, 9.17) is 0 Å². The number of piperidine rings is 1. The van der Waals surface area contributed by atoms with Crippen LogP contribution in [0.2, 0.25) is 0 Å². The number of benzene rings is 1. The summed E-state index contributed by atoms with van der Waals surface area (Å²) in [4.78, 5) is 45.9. The summed E-state index contributed by atoms with van der Waals surface area (Å²) in [5.74, 6) is -0.777. The number of nitrogens with zero attached hydrogens (tertiary/aromatic N) is 3. The second kappa shape index (κ2) is 9.80. The summed E-state index contributed by atoms with van der Waals surface area (Å²) in [5.41, 5.74) is -0.868. The van der Waals surface area contributed by atoms with Gasteiger partial charge in [-0.1, -0.05) is 13.0 Å². The first-order chi connectivity index (χ1) is 16.6. The molecule has 1 aliphatic rings. The Morgan fingerprint density at radius 1 is 1.26 bits per heavy atom. The Morgan fingerprint density at radius 3 is 2.74 bits per heavy atom. The largest absolute Gasteiger partial charge is 0.416 e. The summed E-state index contributed by atoms with van der Waals surface area (Å²) >= 11 is 1.16. The van der Waals surface area contributed by atoms with Gasteiger partial charge >= 0.3 is 6.18 Å². The number of aromatic nitrogens is 2. The molecule has 3 heterocycles. The Hall–Kier alpha value is -3.21. The molecule has 1 N–H and O–H groups in total. The van der Waals surface area contributed by atoms with Gasteiger partial charge in [0.2, 0.25) is 5.91 Å². The molecule has 3 aromatic rings. The van der Waals surface area contributed by atoms with Gasteiger partial charge in [0.1, 0.15) is 11.4 Å². The second-order valence-corrected chi connectivity index (χ2v) is 9.60. The van der Waals surface area contributed by atoms with E-state index in [0.29, 0.717) is 21.8 Å². The predicted octanol–water partition coefficient (Wildman–Crippen LogP) is 4.83. The highest BCUT2D eigenvalue weighted by atomic mass is 32.1. The SMILES string of the molecule is CC[C@H]1CCCCN1C(=O)c1sc2ncn(CC(=O)Nc3cccc(C(F)(F)F)c3)c(=O)c2c1C. The molecule has 1 fully saturated rings. The summed E-state index contributed by atoms with van der Waals surface area (Å²) in [6.45, 7) is 4.00. The number of alkyl halides is 3. The van der Waals surface area contributed by atoms with E-state index in [2.05, 4.69) is 17.2 Å². The summed E-state index contributed by atoms with van der Waals surface area (Å²) in [5, 5.41) is 2.66. The Balaban J connectivity index is 1.57. The van der Waals surface area contributed by atoms with Crippen LogP contribution in [0.3, 0.4) is 0 Å². The van der Waals surface area contributed by atoms with Crippen molar-refractivity contribution in [1.29, 1.82) is 0 Å². The zero-order valence-electron chi connectivity index (χ0n) is 19.3. The topological polar surface area (TPSA) is 84.3 Å². The molecule has 0 radical (unpaired) electrons. The number of halogens is 3. The van der Waals surface area contributed by atoms with E-state index in [0.717, 1.165) is 53.7 Å². The van der Waals surface area contributed by atoms with Crippen LogP contribution in [-0.2, 0) is 17.5 Å². The Bertz CT molecular complexity index is 1330. The number of likely N-dealkylation sites (tertiary alicyclic amines) is 1. The molecular weight excluding hydrogens is 481 g/mol. The first kappa shape index (κ1) is 24.9. The average molecular weight is 507 g/mol. The minimum atomic E-state index is -4.54. The molecule has 1 atom stereocenters. The lowest BCUT2D eigenvalue weighted by Crippen LogP contribution is -2.43. The minimum Gasteiger partial charge on any atom is -0.335 e. The lowest BCUT2D eigenvalue weighted by molar-refractivity contribution is -0.137. The van der Waals surface area contributed by atoms with Crippen molar-refractivity contribution < 1.29 is 22.8 Å². The van der Waals surface area contributed by atoms with Crippen molar-refractivity contribution in [2.45, 2.75) is 58.3 Å². The molecule has 1 aromatic carbocycles. The first-order valence-corrected chi connectivity index (χ1v) is 12.2. The fourth-order valence-corrected chi connectivity index (χ4v) is 5.52. The predicted molar refractivity (Wildman–Crippen MR) is 128 cm³/mol. The average Bonchev–Trinajstić information content (AvgIpc) is 3.17. The molecule has 1 aliphatic heterocycles. The standard InChI is InChI=1S/C24H25F3N4O3S/c1-3-17-9-4-5-10-31(17)23(34)20-14(2)19-21(35-20)28-13-30(22(19)33)12-18(32)29-16-8-6-7-15(11-16)24(25,26)27/h6-8,11,13,17H,3-5,9-10,12H2,1-2H3,(H,29,32)/t17-/m0/s1. The Labute approximate surface area is 203 Å². The molecule has 2 amide bonds. The third kappa shape index (κ3) is 5.09. The number of thiophene rings is 1. The highest BCUT2D eigenvalue weighted by molar-refractivity contribution is 7.20. The van der Waals surface area contributed by atoms with Gasteiger partial charge in [-0.2, -0.15) is 13.2 Å². The van der Waals surface area contributed by atoms with Crippen LogP contribution >= 0.6 is 11.3 Å². The van der Waals surface area contributed by atoms with Crippen LogP contribution in [0.4, 0.5) is 18.9 Å². The van der Waals surface area contributed by atoms with Crippen LogP contribution in [0, 0.1) is 6.92 Å². The van der Waals surface area contributed by atoms with Gasteiger partial charge in [0.15, 0.2) is 0 Å². The third-order valence-electron chi connectivity index (χ3n) is 6.26. The molecule has 0 aliphatic carbocycles. The molecule has 0 unspecified atom stereocenters. The first-order valence-electron chi connectivity index (χ1n) is 11.4. The minimum absolute atomic E-state index is 0.0292. The molecule has 186 valence electrons. The number of amides is 2. The van der Waals surface area contributed by atoms with Crippen molar-refractivity contribution in [2.75, 3.05) is 11.9 Å². The number of hydrogen-bond donors (Lipinski definition) is 1. The zero-order chi connectivity index (χ0) is 25.3. The van der Waals surface area contributed by atoms with Gasteiger partial charge in [0.05, 0.1) is 22.2 Å². The maximum absolute atomic E-state index is 13.3. The number of carbonyl (C=O) groups excluding carboxylic acids is 2. The van der Waals surface area contributed by atoms with Crippen LogP contribution < -0.4 is 10.9 Å². The third-order valence-corrected chi connectivity index (χ3v) is 7.45. The lowest BCUT2D eigenvalue weighted by Gasteiger charge is -2.35. The maximum atomic E-state index is 13.3. The zero-order valence-corrected chi connectivity index (χ0v) is 20.1. The number of fused-ring (bicyclic) bond motifs is 1. The normalized spacial score (nSPS) is 16.5. The van der Waals surface area contributed by atoms with Gasteiger partial charge in [-0.25, -0.2) is 4.98 Å². The molecule has 1 saturated heterocycles. The molecule has 2 aromatic heterocycles. The van der Waals surface area contributed by atoms with E-state index in [-0.39, 0.29) is 23.0 Å². The number of hydrogen-bond acceptors (Lipinski definition) is 5.